The molecule has 0 spiro atoms. The monoisotopic (exact) mass is 331 g/mol. The van der Waals surface area contributed by atoms with Crippen LogP contribution in [0.5, 0.6) is 0 Å². The molecule has 1 aliphatic heterocycles. The number of hydrogen-bond acceptors (Lipinski definition) is 3. The van der Waals surface area contributed by atoms with Gasteiger partial charge in [-0.25, -0.2) is 8.42 Å². The second-order valence-corrected chi connectivity index (χ2v) is 7.92. The third kappa shape index (κ3) is 3.47. The van der Waals surface area contributed by atoms with Crippen molar-refractivity contribution >= 4 is 10.0 Å². The fraction of sp³-hybridized carbons (Fsp3) is 0.333. The molecule has 0 saturated carbocycles. The molecule has 2 atom stereocenters. The van der Waals surface area contributed by atoms with Crippen LogP contribution in [-0.4, -0.2) is 31.9 Å². The Morgan fingerprint density at radius 1 is 1.00 bits per heavy atom. The standard InChI is InChI=1S/C18H21NO3S/c1-14-8-10-17(11-9-14)23(20,21)19-12-15(2)22-18(13-19)16-6-4-3-5-7-16/h3-11,15,18H,12-13H2,1-2H3. The van der Waals surface area contributed by atoms with E-state index in [1.165, 1.54) is 4.31 Å². The Hall–Kier alpha value is -1.69. The van der Waals surface area contributed by atoms with E-state index in [1.807, 2.05) is 56.3 Å². The minimum atomic E-state index is -3.50. The van der Waals surface area contributed by atoms with Gasteiger partial charge in [0, 0.05) is 13.1 Å². The quantitative estimate of drug-likeness (QED) is 0.868. The summed E-state index contributed by atoms with van der Waals surface area (Å²) in [4.78, 5) is 0.337. The van der Waals surface area contributed by atoms with Crippen molar-refractivity contribution in [3.8, 4) is 0 Å². The van der Waals surface area contributed by atoms with Gasteiger partial charge >= 0.3 is 0 Å². The van der Waals surface area contributed by atoms with Crippen LogP contribution in [0.4, 0.5) is 0 Å². The number of morpholine rings is 1. The summed E-state index contributed by atoms with van der Waals surface area (Å²) in [6, 6.07) is 16.8. The summed E-state index contributed by atoms with van der Waals surface area (Å²) in [6.07, 6.45) is -0.380. The summed E-state index contributed by atoms with van der Waals surface area (Å²) in [5.74, 6) is 0. The maximum atomic E-state index is 12.9. The molecule has 1 heterocycles. The smallest absolute Gasteiger partial charge is 0.243 e. The second kappa shape index (κ2) is 6.43. The Morgan fingerprint density at radius 2 is 1.65 bits per heavy atom. The lowest BCUT2D eigenvalue weighted by molar-refractivity contribution is -0.0557. The second-order valence-electron chi connectivity index (χ2n) is 5.98. The Kier molecular flexibility index (Phi) is 4.53. The first-order chi connectivity index (χ1) is 11.0. The normalized spacial score (nSPS) is 22.9. The lowest BCUT2D eigenvalue weighted by Crippen LogP contribution is -2.45. The van der Waals surface area contributed by atoms with Gasteiger partial charge in [-0.05, 0) is 31.5 Å². The fourth-order valence-electron chi connectivity index (χ4n) is 2.82. The van der Waals surface area contributed by atoms with Crippen LogP contribution >= 0.6 is 0 Å². The summed E-state index contributed by atoms with van der Waals surface area (Å²) in [7, 11) is -3.50. The molecular weight excluding hydrogens is 310 g/mol. The third-order valence-corrected chi connectivity index (χ3v) is 5.90. The van der Waals surface area contributed by atoms with Crippen LogP contribution in [0.2, 0.25) is 0 Å². The molecule has 3 rings (SSSR count). The first kappa shape index (κ1) is 16.2. The van der Waals surface area contributed by atoms with Crippen LogP contribution in [0.3, 0.4) is 0 Å². The molecule has 122 valence electrons. The van der Waals surface area contributed by atoms with E-state index in [4.69, 9.17) is 4.74 Å². The SMILES string of the molecule is Cc1ccc(S(=O)(=O)N2CC(C)OC(c3ccccc3)C2)cc1. The third-order valence-electron chi connectivity index (χ3n) is 4.06. The van der Waals surface area contributed by atoms with Crippen LogP contribution in [0.1, 0.15) is 24.2 Å². The molecule has 5 heteroatoms. The predicted octanol–water partition coefficient (Wildman–Crippen LogP) is 3.15. The van der Waals surface area contributed by atoms with Gasteiger partial charge < -0.3 is 4.74 Å². The number of nitrogens with zero attached hydrogens (tertiary/aromatic N) is 1. The van der Waals surface area contributed by atoms with Crippen molar-refractivity contribution in [2.45, 2.75) is 31.0 Å². The average Bonchev–Trinajstić information content (AvgIpc) is 2.55. The van der Waals surface area contributed by atoms with Gasteiger partial charge in [0.1, 0.15) is 0 Å². The van der Waals surface area contributed by atoms with Crippen molar-refractivity contribution in [3.63, 3.8) is 0 Å². The number of benzene rings is 2. The molecule has 0 bridgehead atoms. The first-order valence-electron chi connectivity index (χ1n) is 7.74. The molecule has 4 nitrogen and oxygen atoms in total. The van der Waals surface area contributed by atoms with Crippen molar-refractivity contribution in [3.05, 3.63) is 65.7 Å². The minimum Gasteiger partial charge on any atom is -0.368 e. The molecule has 1 aliphatic rings. The van der Waals surface area contributed by atoms with E-state index in [1.54, 1.807) is 12.1 Å². The molecule has 2 aromatic rings. The number of hydrogen-bond donors (Lipinski definition) is 0. The van der Waals surface area contributed by atoms with Crippen molar-refractivity contribution < 1.29 is 13.2 Å². The molecule has 0 aromatic heterocycles. The van der Waals surface area contributed by atoms with Gasteiger partial charge in [-0.1, -0.05) is 48.0 Å². The molecule has 2 aromatic carbocycles. The van der Waals surface area contributed by atoms with Crippen LogP contribution < -0.4 is 0 Å². The summed E-state index contributed by atoms with van der Waals surface area (Å²) >= 11 is 0. The summed E-state index contributed by atoms with van der Waals surface area (Å²) in [5, 5.41) is 0. The van der Waals surface area contributed by atoms with E-state index >= 15 is 0 Å². The lowest BCUT2D eigenvalue weighted by atomic mass is 10.1. The lowest BCUT2D eigenvalue weighted by Gasteiger charge is -2.36. The van der Waals surface area contributed by atoms with Crippen molar-refractivity contribution in [1.29, 1.82) is 0 Å². The van der Waals surface area contributed by atoms with Gasteiger partial charge in [0.2, 0.25) is 10.0 Å². The maximum absolute atomic E-state index is 12.9. The zero-order valence-electron chi connectivity index (χ0n) is 13.3. The van der Waals surface area contributed by atoms with Crippen LogP contribution in [0, 0.1) is 6.92 Å². The van der Waals surface area contributed by atoms with Crippen LogP contribution in [-0.2, 0) is 14.8 Å². The maximum Gasteiger partial charge on any atom is 0.243 e. The van der Waals surface area contributed by atoms with Crippen molar-refractivity contribution in [2.75, 3.05) is 13.1 Å². The van der Waals surface area contributed by atoms with E-state index < -0.39 is 10.0 Å². The molecule has 1 saturated heterocycles. The molecule has 23 heavy (non-hydrogen) atoms. The summed E-state index contributed by atoms with van der Waals surface area (Å²) in [5.41, 5.74) is 2.05. The van der Waals surface area contributed by atoms with E-state index in [0.717, 1.165) is 11.1 Å². The molecule has 0 radical (unpaired) electrons. The number of ether oxygens (including phenoxy) is 1. The molecule has 0 aliphatic carbocycles. The Balaban J connectivity index is 1.88. The highest BCUT2D eigenvalue weighted by molar-refractivity contribution is 7.89. The first-order valence-corrected chi connectivity index (χ1v) is 9.18. The molecule has 0 N–H and O–H groups in total. The largest absolute Gasteiger partial charge is 0.368 e. The van der Waals surface area contributed by atoms with Gasteiger partial charge in [0.25, 0.3) is 0 Å². The Labute approximate surface area is 137 Å². The zero-order valence-corrected chi connectivity index (χ0v) is 14.2. The molecule has 1 fully saturated rings. The predicted molar refractivity (Wildman–Crippen MR) is 89.7 cm³/mol. The minimum absolute atomic E-state index is 0.144. The summed E-state index contributed by atoms with van der Waals surface area (Å²) in [6.45, 7) is 4.56. The highest BCUT2D eigenvalue weighted by Gasteiger charge is 2.34. The van der Waals surface area contributed by atoms with Gasteiger partial charge in [-0.3, -0.25) is 0 Å². The molecule has 0 amide bonds. The van der Waals surface area contributed by atoms with Gasteiger partial charge in [0.15, 0.2) is 0 Å². The fourth-order valence-corrected chi connectivity index (χ4v) is 4.34. The van der Waals surface area contributed by atoms with Crippen LogP contribution in [0.15, 0.2) is 59.5 Å². The van der Waals surface area contributed by atoms with Crippen LogP contribution in [0.25, 0.3) is 0 Å². The summed E-state index contributed by atoms with van der Waals surface area (Å²) < 4.78 is 33.3. The number of sulfonamides is 1. The van der Waals surface area contributed by atoms with Crippen molar-refractivity contribution in [1.82, 2.24) is 4.31 Å². The zero-order chi connectivity index (χ0) is 16.4. The number of aryl methyl sites for hydroxylation is 1. The Bertz CT molecular complexity index is 757. The van der Waals surface area contributed by atoms with Gasteiger partial charge in [-0.15, -0.1) is 0 Å². The highest BCUT2D eigenvalue weighted by atomic mass is 32.2. The average molecular weight is 331 g/mol. The number of rotatable bonds is 3. The molecular formula is C18H21NO3S. The van der Waals surface area contributed by atoms with E-state index in [-0.39, 0.29) is 12.2 Å². The van der Waals surface area contributed by atoms with Crippen molar-refractivity contribution in [2.24, 2.45) is 0 Å². The van der Waals surface area contributed by atoms with E-state index in [0.29, 0.717) is 18.0 Å². The van der Waals surface area contributed by atoms with E-state index in [9.17, 15) is 8.42 Å². The van der Waals surface area contributed by atoms with Gasteiger partial charge in [0.05, 0.1) is 17.1 Å². The highest BCUT2D eigenvalue weighted by Crippen LogP contribution is 2.29. The van der Waals surface area contributed by atoms with Gasteiger partial charge in [-0.2, -0.15) is 4.31 Å². The molecule has 2 unspecified atom stereocenters. The van der Waals surface area contributed by atoms with E-state index in [2.05, 4.69) is 0 Å². The topological polar surface area (TPSA) is 46.6 Å². The Morgan fingerprint density at radius 3 is 2.30 bits per heavy atom.